The first kappa shape index (κ1) is 14.3. The highest BCUT2D eigenvalue weighted by Crippen LogP contribution is 2.29. The van der Waals surface area contributed by atoms with Crippen LogP contribution < -0.4 is 10.2 Å². The number of aryl methyl sites for hydroxylation is 2. The van der Waals surface area contributed by atoms with Gasteiger partial charge in [0.2, 0.25) is 5.91 Å². The maximum absolute atomic E-state index is 12.3. The molecule has 0 bridgehead atoms. The third kappa shape index (κ3) is 2.60. The molecule has 0 fully saturated rings. The Morgan fingerprint density at radius 1 is 1.14 bits per heavy atom. The van der Waals surface area contributed by atoms with Crippen molar-refractivity contribution in [2.75, 3.05) is 17.3 Å². The molecule has 0 spiro atoms. The second kappa shape index (κ2) is 5.64. The summed E-state index contributed by atoms with van der Waals surface area (Å²) in [6, 6.07) is 13.2. The number of hydrogen-bond acceptors (Lipinski definition) is 2. The van der Waals surface area contributed by atoms with Crippen LogP contribution in [0.15, 0.2) is 42.5 Å². The number of benzene rings is 2. The third-order valence-electron chi connectivity index (χ3n) is 4.07. The number of rotatable bonds is 2. The van der Waals surface area contributed by atoms with E-state index in [1.54, 1.807) is 11.9 Å². The molecule has 1 N–H and O–H groups in total. The predicted molar refractivity (Wildman–Crippen MR) is 87.3 cm³/mol. The number of anilines is 2. The topological polar surface area (TPSA) is 49.4 Å². The van der Waals surface area contributed by atoms with Crippen LogP contribution in [-0.4, -0.2) is 18.9 Å². The molecule has 0 unspecified atom stereocenters. The van der Waals surface area contributed by atoms with E-state index in [0.717, 1.165) is 22.5 Å². The molecule has 1 heterocycles. The van der Waals surface area contributed by atoms with Crippen LogP contribution >= 0.6 is 0 Å². The molecule has 4 heteroatoms. The average molecular weight is 294 g/mol. The maximum Gasteiger partial charge on any atom is 0.255 e. The number of carbonyl (C=O) groups excluding carboxylic acids is 2. The summed E-state index contributed by atoms with van der Waals surface area (Å²) in [5.41, 5.74) is 4.39. The lowest BCUT2D eigenvalue weighted by Crippen LogP contribution is -2.31. The van der Waals surface area contributed by atoms with Crippen molar-refractivity contribution in [1.29, 1.82) is 0 Å². The number of nitrogens with zero attached hydrogens (tertiary/aromatic N) is 1. The van der Waals surface area contributed by atoms with Gasteiger partial charge in [-0.1, -0.05) is 18.2 Å². The molecule has 1 aliphatic rings. The zero-order valence-electron chi connectivity index (χ0n) is 12.7. The molecule has 0 aromatic heterocycles. The molecule has 2 aromatic carbocycles. The summed E-state index contributed by atoms with van der Waals surface area (Å²) in [7, 11) is 1.78. The fourth-order valence-electron chi connectivity index (χ4n) is 2.76. The zero-order valence-corrected chi connectivity index (χ0v) is 12.7. The van der Waals surface area contributed by atoms with Crippen molar-refractivity contribution in [3.8, 4) is 0 Å². The third-order valence-corrected chi connectivity index (χ3v) is 4.07. The molecular weight excluding hydrogens is 276 g/mol. The first-order valence-corrected chi connectivity index (χ1v) is 7.33. The fourth-order valence-corrected chi connectivity index (χ4v) is 2.76. The number of carbonyl (C=O) groups is 2. The first-order valence-electron chi connectivity index (χ1n) is 7.33. The Labute approximate surface area is 129 Å². The van der Waals surface area contributed by atoms with E-state index in [-0.39, 0.29) is 11.8 Å². The highest BCUT2D eigenvalue weighted by molar-refractivity contribution is 6.05. The molecule has 2 aromatic rings. The van der Waals surface area contributed by atoms with E-state index in [2.05, 4.69) is 5.32 Å². The summed E-state index contributed by atoms with van der Waals surface area (Å²) in [6.45, 7) is 1.92. The molecule has 1 aliphatic heterocycles. The predicted octanol–water partition coefficient (Wildman–Crippen LogP) is 3.16. The molecule has 0 saturated carbocycles. The summed E-state index contributed by atoms with van der Waals surface area (Å²) in [4.78, 5) is 25.7. The van der Waals surface area contributed by atoms with Crippen LogP contribution in [-0.2, 0) is 11.2 Å². The minimum atomic E-state index is -0.113. The van der Waals surface area contributed by atoms with E-state index in [9.17, 15) is 9.59 Å². The second-order valence-corrected chi connectivity index (χ2v) is 5.57. The van der Waals surface area contributed by atoms with Crippen molar-refractivity contribution in [1.82, 2.24) is 0 Å². The van der Waals surface area contributed by atoms with Crippen molar-refractivity contribution < 1.29 is 9.59 Å². The summed E-state index contributed by atoms with van der Waals surface area (Å²) in [5, 5.41) is 2.93. The van der Waals surface area contributed by atoms with Crippen LogP contribution in [0.1, 0.15) is 27.9 Å². The van der Waals surface area contributed by atoms with Gasteiger partial charge < -0.3 is 10.2 Å². The molecule has 3 rings (SSSR count). The van der Waals surface area contributed by atoms with Crippen LogP contribution in [0.25, 0.3) is 0 Å². The molecular formula is C18H18N2O2. The highest BCUT2D eigenvalue weighted by Gasteiger charge is 2.21. The van der Waals surface area contributed by atoms with Gasteiger partial charge in [-0.05, 0) is 48.7 Å². The Morgan fingerprint density at radius 2 is 1.91 bits per heavy atom. The van der Waals surface area contributed by atoms with Crippen LogP contribution in [0.4, 0.5) is 11.4 Å². The Kier molecular flexibility index (Phi) is 3.67. The van der Waals surface area contributed by atoms with E-state index in [4.69, 9.17) is 0 Å². The lowest BCUT2D eigenvalue weighted by atomic mass is 10.0. The fraction of sp³-hybridized carbons (Fsp3) is 0.222. The minimum Gasteiger partial charge on any atom is -0.322 e. The minimum absolute atomic E-state index is 0.113. The van der Waals surface area contributed by atoms with Gasteiger partial charge in [0.1, 0.15) is 0 Å². The normalized spacial score (nSPS) is 13.7. The first-order chi connectivity index (χ1) is 10.6. The van der Waals surface area contributed by atoms with Crippen LogP contribution in [0.2, 0.25) is 0 Å². The van der Waals surface area contributed by atoms with E-state index in [0.29, 0.717) is 18.4 Å². The van der Waals surface area contributed by atoms with Crippen molar-refractivity contribution in [3.63, 3.8) is 0 Å². The summed E-state index contributed by atoms with van der Waals surface area (Å²) in [6.07, 6.45) is 1.23. The lowest BCUT2D eigenvalue weighted by Gasteiger charge is -2.26. The Hall–Kier alpha value is -2.62. The largest absolute Gasteiger partial charge is 0.322 e. The maximum atomic E-state index is 12.3. The van der Waals surface area contributed by atoms with Crippen molar-refractivity contribution in [2.24, 2.45) is 0 Å². The Bertz CT molecular complexity index is 753. The molecule has 4 nitrogen and oxygen atoms in total. The van der Waals surface area contributed by atoms with E-state index in [1.807, 2.05) is 49.4 Å². The van der Waals surface area contributed by atoms with Gasteiger partial charge in [-0.25, -0.2) is 0 Å². The van der Waals surface area contributed by atoms with Crippen LogP contribution in [0.5, 0.6) is 0 Å². The van der Waals surface area contributed by atoms with Gasteiger partial charge in [-0.15, -0.1) is 0 Å². The van der Waals surface area contributed by atoms with E-state index < -0.39 is 0 Å². The molecule has 0 aliphatic carbocycles. The van der Waals surface area contributed by atoms with Crippen LogP contribution in [0.3, 0.4) is 0 Å². The van der Waals surface area contributed by atoms with Gasteiger partial charge in [-0.3, -0.25) is 9.59 Å². The SMILES string of the molecule is Cc1ccccc1C(=O)Nc1ccc2c(c1)CCC(=O)N2C. The second-order valence-electron chi connectivity index (χ2n) is 5.57. The van der Waals surface area contributed by atoms with Crippen molar-refractivity contribution in [3.05, 3.63) is 59.2 Å². The molecule has 0 radical (unpaired) electrons. The summed E-state index contributed by atoms with van der Waals surface area (Å²) >= 11 is 0. The van der Waals surface area contributed by atoms with Gasteiger partial charge in [0.25, 0.3) is 5.91 Å². The number of fused-ring (bicyclic) bond motifs is 1. The van der Waals surface area contributed by atoms with Gasteiger partial charge in [0.05, 0.1) is 0 Å². The Balaban J connectivity index is 1.84. The summed E-state index contributed by atoms with van der Waals surface area (Å²) in [5.74, 6) is 0.0162. The summed E-state index contributed by atoms with van der Waals surface area (Å²) < 4.78 is 0. The molecule has 0 atom stereocenters. The number of hydrogen-bond donors (Lipinski definition) is 1. The monoisotopic (exact) mass is 294 g/mol. The number of nitrogens with one attached hydrogen (secondary N) is 1. The van der Waals surface area contributed by atoms with Crippen molar-refractivity contribution in [2.45, 2.75) is 19.8 Å². The quantitative estimate of drug-likeness (QED) is 0.925. The molecule has 0 saturated heterocycles. The molecule has 22 heavy (non-hydrogen) atoms. The standard InChI is InChI=1S/C18H18N2O2/c1-12-5-3-4-6-15(12)18(22)19-14-8-9-16-13(11-14)7-10-17(21)20(16)2/h3-6,8-9,11H,7,10H2,1-2H3,(H,19,22). The lowest BCUT2D eigenvalue weighted by molar-refractivity contribution is -0.118. The van der Waals surface area contributed by atoms with Gasteiger partial charge in [0, 0.05) is 30.4 Å². The smallest absolute Gasteiger partial charge is 0.255 e. The van der Waals surface area contributed by atoms with Crippen molar-refractivity contribution >= 4 is 23.2 Å². The van der Waals surface area contributed by atoms with Gasteiger partial charge >= 0.3 is 0 Å². The highest BCUT2D eigenvalue weighted by atomic mass is 16.2. The average Bonchev–Trinajstić information content (AvgIpc) is 2.51. The number of amides is 2. The molecule has 112 valence electrons. The molecule has 2 amide bonds. The Morgan fingerprint density at radius 3 is 2.68 bits per heavy atom. The van der Waals surface area contributed by atoms with Gasteiger partial charge in [0.15, 0.2) is 0 Å². The van der Waals surface area contributed by atoms with E-state index >= 15 is 0 Å². The van der Waals surface area contributed by atoms with E-state index in [1.165, 1.54) is 0 Å². The van der Waals surface area contributed by atoms with Crippen LogP contribution in [0, 0.1) is 6.92 Å². The zero-order chi connectivity index (χ0) is 15.7. The van der Waals surface area contributed by atoms with Gasteiger partial charge in [-0.2, -0.15) is 0 Å².